The van der Waals surface area contributed by atoms with Gasteiger partial charge in [0.15, 0.2) is 17.5 Å². The van der Waals surface area contributed by atoms with Gasteiger partial charge in [0, 0.05) is 18.8 Å². The van der Waals surface area contributed by atoms with Crippen LogP contribution in [0.5, 0.6) is 0 Å². The molecule has 1 N–H and O–H groups in total. The first-order valence-electron chi connectivity index (χ1n) is 11.0. The van der Waals surface area contributed by atoms with Gasteiger partial charge in [-0.3, -0.25) is 9.97 Å². The molecule has 1 aliphatic rings. The maximum Gasteiger partial charge on any atom is 0.416 e. The summed E-state index contributed by atoms with van der Waals surface area (Å²) in [6.45, 7) is 2.00. The number of benzene rings is 1. The number of hydrogen-bond donors (Lipinski definition) is 1. The highest BCUT2D eigenvalue weighted by atomic mass is 19.4. The van der Waals surface area contributed by atoms with Gasteiger partial charge in [-0.25, -0.2) is 19.3 Å². The van der Waals surface area contributed by atoms with E-state index in [1.165, 1.54) is 30.7 Å². The maximum atomic E-state index is 14.4. The second kappa shape index (κ2) is 9.82. The summed E-state index contributed by atoms with van der Waals surface area (Å²) in [7, 11) is 0. The zero-order chi connectivity index (χ0) is 25.1. The lowest BCUT2D eigenvalue weighted by Crippen LogP contribution is -2.37. The van der Waals surface area contributed by atoms with E-state index in [0.717, 1.165) is 18.3 Å². The number of nitrogens with one attached hydrogen (secondary N) is 1. The molecule has 1 aliphatic heterocycles. The standard InChI is InChI=1S/C24H19F4N7O/c25-18-12-31-22(34-23(18)35-6-8-36-9-7-35)21-14-29-13-20(33-21)19-5-4-17(11-30-19)32-16-3-1-2-15(10-16)24(26,27)28/h1-5,10-14,32H,6-9H2. The first kappa shape index (κ1) is 23.5. The predicted octanol–water partition coefficient (Wildman–Crippen LogP) is 4.73. The number of morpholine rings is 1. The van der Waals surface area contributed by atoms with Gasteiger partial charge in [0.05, 0.1) is 54.9 Å². The molecule has 0 atom stereocenters. The first-order valence-corrected chi connectivity index (χ1v) is 11.0. The summed E-state index contributed by atoms with van der Waals surface area (Å²) in [5.74, 6) is -0.135. The molecule has 0 radical (unpaired) electrons. The smallest absolute Gasteiger partial charge is 0.378 e. The molecule has 1 fully saturated rings. The number of anilines is 3. The van der Waals surface area contributed by atoms with Crippen molar-refractivity contribution in [2.75, 3.05) is 36.5 Å². The highest BCUT2D eigenvalue weighted by Crippen LogP contribution is 2.31. The number of alkyl halides is 3. The van der Waals surface area contributed by atoms with Crippen LogP contribution in [0.2, 0.25) is 0 Å². The summed E-state index contributed by atoms with van der Waals surface area (Å²) in [5, 5.41) is 2.91. The molecule has 5 rings (SSSR count). The lowest BCUT2D eigenvalue weighted by Gasteiger charge is -2.28. The lowest BCUT2D eigenvalue weighted by atomic mass is 10.2. The van der Waals surface area contributed by atoms with Crippen LogP contribution in [0.25, 0.3) is 22.9 Å². The molecular weight excluding hydrogens is 478 g/mol. The van der Waals surface area contributed by atoms with Crippen molar-refractivity contribution in [3.63, 3.8) is 0 Å². The van der Waals surface area contributed by atoms with Crippen LogP contribution in [0.3, 0.4) is 0 Å². The van der Waals surface area contributed by atoms with Gasteiger partial charge >= 0.3 is 6.18 Å². The Balaban J connectivity index is 1.36. The van der Waals surface area contributed by atoms with E-state index in [1.807, 2.05) is 0 Å². The highest BCUT2D eigenvalue weighted by Gasteiger charge is 2.30. The monoisotopic (exact) mass is 497 g/mol. The Morgan fingerprint density at radius 3 is 2.39 bits per heavy atom. The second-order valence-corrected chi connectivity index (χ2v) is 7.89. The Morgan fingerprint density at radius 1 is 0.833 bits per heavy atom. The van der Waals surface area contributed by atoms with Crippen LogP contribution >= 0.6 is 0 Å². The number of halogens is 4. The number of nitrogens with zero attached hydrogens (tertiary/aromatic N) is 6. The number of hydrogen-bond acceptors (Lipinski definition) is 8. The molecule has 1 saturated heterocycles. The minimum Gasteiger partial charge on any atom is -0.378 e. The number of ether oxygens (including phenoxy) is 1. The van der Waals surface area contributed by atoms with Crippen LogP contribution < -0.4 is 10.2 Å². The Bertz CT molecular complexity index is 1360. The third-order valence-corrected chi connectivity index (χ3v) is 5.40. The molecule has 0 bridgehead atoms. The molecular formula is C24H19F4N7O. The van der Waals surface area contributed by atoms with Crippen LogP contribution in [-0.2, 0) is 10.9 Å². The average molecular weight is 497 g/mol. The van der Waals surface area contributed by atoms with Crippen LogP contribution in [0.4, 0.5) is 34.8 Å². The Hall–Kier alpha value is -4.19. The van der Waals surface area contributed by atoms with Gasteiger partial charge in [-0.1, -0.05) is 6.07 Å². The van der Waals surface area contributed by atoms with Crippen molar-refractivity contribution in [1.29, 1.82) is 0 Å². The van der Waals surface area contributed by atoms with Gasteiger partial charge in [0.1, 0.15) is 11.4 Å². The molecule has 0 aliphatic carbocycles. The predicted molar refractivity (Wildman–Crippen MR) is 124 cm³/mol. The minimum atomic E-state index is -4.43. The van der Waals surface area contributed by atoms with Gasteiger partial charge in [0.25, 0.3) is 0 Å². The van der Waals surface area contributed by atoms with Crippen molar-refractivity contribution < 1.29 is 22.3 Å². The molecule has 184 valence electrons. The molecule has 1 aromatic carbocycles. The molecule has 8 nitrogen and oxygen atoms in total. The zero-order valence-electron chi connectivity index (χ0n) is 18.7. The van der Waals surface area contributed by atoms with Gasteiger partial charge in [-0.2, -0.15) is 13.2 Å². The Morgan fingerprint density at radius 2 is 1.64 bits per heavy atom. The van der Waals surface area contributed by atoms with Gasteiger partial charge in [-0.05, 0) is 30.3 Å². The van der Waals surface area contributed by atoms with Crippen molar-refractivity contribution in [3.8, 4) is 22.9 Å². The topological polar surface area (TPSA) is 89.0 Å². The number of rotatable bonds is 5. The van der Waals surface area contributed by atoms with Crippen molar-refractivity contribution in [1.82, 2.24) is 24.9 Å². The summed E-state index contributed by atoms with van der Waals surface area (Å²) in [6, 6.07) is 8.22. The molecule has 0 amide bonds. The van der Waals surface area contributed by atoms with E-state index in [1.54, 1.807) is 17.0 Å². The van der Waals surface area contributed by atoms with E-state index >= 15 is 0 Å². The van der Waals surface area contributed by atoms with Crippen molar-refractivity contribution in [2.45, 2.75) is 6.18 Å². The number of aromatic nitrogens is 5. The first-order chi connectivity index (χ1) is 17.4. The fourth-order valence-corrected chi connectivity index (χ4v) is 3.63. The molecule has 4 aromatic rings. The van der Waals surface area contributed by atoms with Crippen molar-refractivity contribution >= 4 is 17.2 Å². The van der Waals surface area contributed by atoms with Crippen molar-refractivity contribution in [2.24, 2.45) is 0 Å². The van der Waals surface area contributed by atoms with Crippen LogP contribution in [0.15, 0.2) is 61.2 Å². The second-order valence-electron chi connectivity index (χ2n) is 7.89. The van der Waals surface area contributed by atoms with E-state index in [2.05, 4.69) is 30.2 Å². The Kier molecular flexibility index (Phi) is 6.42. The van der Waals surface area contributed by atoms with Crippen LogP contribution in [0, 0.1) is 5.82 Å². The third kappa shape index (κ3) is 5.23. The lowest BCUT2D eigenvalue weighted by molar-refractivity contribution is -0.137. The molecule has 3 aromatic heterocycles. The van der Waals surface area contributed by atoms with E-state index < -0.39 is 17.6 Å². The van der Waals surface area contributed by atoms with Crippen molar-refractivity contribution in [3.05, 3.63) is 72.6 Å². The fourth-order valence-electron chi connectivity index (χ4n) is 3.63. The minimum absolute atomic E-state index is 0.179. The van der Waals surface area contributed by atoms with E-state index in [4.69, 9.17) is 4.74 Å². The summed E-state index contributed by atoms with van der Waals surface area (Å²) < 4.78 is 58.5. The SMILES string of the molecule is Fc1cnc(-c2cncc(-c3ccc(Nc4cccc(C(F)(F)F)c4)cn3)n2)nc1N1CCOCC1. The normalized spacial score (nSPS) is 14.1. The zero-order valence-corrected chi connectivity index (χ0v) is 18.7. The quantitative estimate of drug-likeness (QED) is 0.396. The summed E-state index contributed by atoms with van der Waals surface area (Å²) >= 11 is 0. The molecule has 12 heteroatoms. The molecule has 0 unspecified atom stereocenters. The van der Waals surface area contributed by atoms with E-state index in [0.29, 0.717) is 49.1 Å². The van der Waals surface area contributed by atoms with Gasteiger partial charge in [-0.15, -0.1) is 0 Å². The largest absolute Gasteiger partial charge is 0.416 e. The van der Waals surface area contributed by atoms with E-state index in [9.17, 15) is 17.6 Å². The number of pyridine rings is 1. The maximum absolute atomic E-state index is 14.4. The fraction of sp³-hybridized carbons (Fsp3) is 0.208. The Labute approximate surface area is 203 Å². The van der Waals surface area contributed by atoms with Crippen LogP contribution in [0.1, 0.15) is 5.56 Å². The van der Waals surface area contributed by atoms with E-state index in [-0.39, 0.29) is 17.3 Å². The molecule has 36 heavy (non-hydrogen) atoms. The molecule has 4 heterocycles. The van der Waals surface area contributed by atoms with Crippen LogP contribution in [-0.4, -0.2) is 51.2 Å². The van der Waals surface area contributed by atoms with Gasteiger partial charge in [0.2, 0.25) is 0 Å². The summed E-state index contributed by atoms with van der Waals surface area (Å²) in [4.78, 5) is 23.3. The molecule has 0 saturated carbocycles. The summed E-state index contributed by atoms with van der Waals surface area (Å²) in [5.41, 5.74) is 1.29. The average Bonchev–Trinajstić information content (AvgIpc) is 2.90. The highest BCUT2D eigenvalue weighted by molar-refractivity contribution is 5.64. The third-order valence-electron chi connectivity index (χ3n) is 5.40. The van der Waals surface area contributed by atoms with Gasteiger partial charge < -0.3 is 15.0 Å². The molecule has 0 spiro atoms. The summed E-state index contributed by atoms with van der Waals surface area (Å²) in [6.07, 6.45) is 1.14.